The summed E-state index contributed by atoms with van der Waals surface area (Å²) >= 11 is 0. The molecule has 1 heterocycles. The summed E-state index contributed by atoms with van der Waals surface area (Å²) < 4.78 is 8.19. The lowest BCUT2D eigenvalue weighted by atomic mass is 9.36. The Bertz CT molecular complexity index is 3370. The number of rotatable bonds is 6. The van der Waals surface area contributed by atoms with Crippen LogP contribution in [0.2, 0.25) is 0 Å². The molecule has 1 aliphatic heterocycles. The van der Waals surface area contributed by atoms with Crippen LogP contribution in [0.1, 0.15) is 0 Å². The van der Waals surface area contributed by atoms with Gasteiger partial charge in [0.2, 0.25) is 0 Å². The van der Waals surface area contributed by atoms with Gasteiger partial charge in [-0.2, -0.15) is 0 Å². The first-order valence-electron chi connectivity index (χ1n) is 23.0. The molecular weight excluding hydrogens is 795 g/mol. The van der Waals surface area contributed by atoms with Crippen LogP contribution in [-0.4, -0.2) is 20.9 Å². The van der Waals surface area contributed by atoms with E-state index >= 15 is 0 Å². The van der Waals surface area contributed by atoms with Crippen molar-refractivity contribution >= 4 is 119 Å². The van der Waals surface area contributed by atoms with E-state index in [1.807, 2.05) is 0 Å². The van der Waals surface area contributed by atoms with Crippen molar-refractivity contribution in [3.8, 4) is 0 Å². The third-order valence-electron chi connectivity index (χ3n) is 14.0. The zero-order valence-corrected chi connectivity index (χ0v) is 36.3. The van der Waals surface area contributed by atoms with Gasteiger partial charge >= 0.3 is 20.9 Å². The Morgan fingerprint density at radius 3 is 0.682 bits per heavy atom. The predicted molar refractivity (Wildman–Crippen MR) is 287 cm³/mol. The van der Waals surface area contributed by atoms with Gasteiger partial charge in [-0.3, -0.25) is 0 Å². The van der Waals surface area contributed by atoms with Gasteiger partial charge in [0.05, 0.1) is 0 Å². The molecule has 0 spiro atoms. The van der Waals surface area contributed by atoms with Gasteiger partial charge in [-0.15, -0.1) is 0 Å². The molecule has 6 heteroatoms. The van der Waals surface area contributed by atoms with Gasteiger partial charge in [0.1, 0.15) is 0 Å². The Hall–Kier alpha value is -8.21. The van der Waals surface area contributed by atoms with Crippen molar-refractivity contribution in [1.82, 2.24) is 0 Å². The predicted octanol–water partition coefficient (Wildman–Crippen LogP) is 12.6. The standard InChI is InChI=1S/C60H42B3N3/c1-4-25-46(26-5-1)64-61(58-40-43-22-10-13-31-49(43)52-34-16-19-37-55(52)58)65(47-27-6-2-7-28-47)63(60-42-45-24-12-15-33-51(45)54-36-18-21-39-57(54)60)66(48-29-8-3-9-30-48)62(64)59-41-44-23-11-14-32-50(44)53-35-17-20-38-56(53)59/h1-42H. The molecule has 3 nitrogen and oxygen atoms in total. The second kappa shape index (κ2) is 15.8. The summed E-state index contributed by atoms with van der Waals surface area (Å²) in [5.41, 5.74) is 7.13. The van der Waals surface area contributed by atoms with E-state index in [4.69, 9.17) is 0 Å². The van der Waals surface area contributed by atoms with E-state index in [0.717, 1.165) is 17.1 Å². The van der Waals surface area contributed by atoms with Crippen molar-refractivity contribution in [3.63, 3.8) is 0 Å². The van der Waals surface area contributed by atoms with Crippen LogP contribution in [0.25, 0.3) is 64.6 Å². The second-order valence-corrected chi connectivity index (χ2v) is 17.5. The number of anilines is 3. The summed E-state index contributed by atoms with van der Waals surface area (Å²) in [7, 11) is 0. The minimum atomic E-state index is -0.324. The fourth-order valence-electron chi connectivity index (χ4n) is 11.2. The maximum atomic E-state index is 2.73. The molecular formula is C60H42B3N3. The van der Waals surface area contributed by atoms with Gasteiger partial charge in [0.15, 0.2) is 0 Å². The number of hydrogen-bond acceptors (Lipinski definition) is 3. The van der Waals surface area contributed by atoms with Crippen LogP contribution in [0.3, 0.4) is 0 Å². The van der Waals surface area contributed by atoms with Crippen LogP contribution in [0, 0.1) is 0 Å². The van der Waals surface area contributed by atoms with Crippen LogP contribution >= 0.6 is 0 Å². The first-order valence-corrected chi connectivity index (χ1v) is 23.0. The lowest BCUT2D eigenvalue weighted by Crippen LogP contribution is -2.86. The van der Waals surface area contributed by atoms with Crippen molar-refractivity contribution in [1.29, 1.82) is 0 Å². The van der Waals surface area contributed by atoms with Crippen molar-refractivity contribution in [2.24, 2.45) is 0 Å². The van der Waals surface area contributed by atoms with Crippen LogP contribution in [0.5, 0.6) is 0 Å². The Labute approximate surface area is 386 Å². The lowest BCUT2D eigenvalue weighted by molar-refractivity contribution is 1.30. The van der Waals surface area contributed by atoms with Crippen molar-refractivity contribution in [2.75, 3.05) is 14.2 Å². The van der Waals surface area contributed by atoms with Crippen LogP contribution in [0.4, 0.5) is 17.1 Å². The number of para-hydroxylation sites is 3. The van der Waals surface area contributed by atoms with Crippen molar-refractivity contribution < 1.29 is 0 Å². The Balaban J connectivity index is 1.26. The van der Waals surface area contributed by atoms with E-state index in [9.17, 15) is 0 Å². The van der Waals surface area contributed by atoms with Gasteiger partial charge in [0, 0.05) is 17.1 Å². The number of nitrogens with zero attached hydrogens (tertiary/aromatic N) is 3. The first kappa shape index (κ1) is 38.3. The van der Waals surface area contributed by atoms with E-state index in [0.29, 0.717) is 0 Å². The molecule has 66 heavy (non-hydrogen) atoms. The fourth-order valence-corrected chi connectivity index (χ4v) is 11.2. The molecule has 0 aliphatic carbocycles. The molecule has 12 aromatic carbocycles. The maximum absolute atomic E-state index is 2.73. The minimum absolute atomic E-state index is 0.324. The summed E-state index contributed by atoms with van der Waals surface area (Å²) in [5.74, 6) is 0. The summed E-state index contributed by atoms with van der Waals surface area (Å²) in [6.07, 6.45) is 0. The van der Waals surface area contributed by atoms with Gasteiger partial charge in [0.25, 0.3) is 0 Å². The van der Waals surface area contributed by atoms with Crippen molar-refractivity contribution in [2.45, 2.75) is 0 Å². The number of fused-ring (bicyclic) bond motifs is 9. The summed E-state index contributed by atoms with van der Waals surface area (Å²) in [6.45, 7) is -0.973. The summed E-state index contributed by atoms with van der Waals surface area (Å²) in [4.78, 5) is 0. The Morgan fingerprint density at radius 1 is 0.197 bits per heavy atom. The van der Waals surface area contributed by atoms with E-state index in [2.05, 4.69) is 269 Å². The molecule has 0 unspecified atom stereocenters. The highest BCUT2D eigenvalue weighted by Crippen LogP contribution is 2.38. The molecule has 1 saturated heterocycles. The monoisotopic (exact) mass is 837 g/mol. The highest BCUT2D eigenvalue weighted by molar-refractivity contribution is 7.16. The summed E-state index contributed by atoms with van der Waals surface area (Å²) in [5, 5.41) is 14.9. The molecule has 13 rings (SSSR count). The van der Waals surface area contributed by atoms with Gasteiger partial charge in [-0.25, -0.2) is 0 Å². The average Bonchev–Trinajstić information content (AvgIpc) is 3.40. The van der Waals surface area contributed by atoms with Crippen LogP contribution in [0.15, 0.2) is 255 Å². The van der Waals surface area contributed by atoms with Crippen LogP contribution < -0.4 is 30.6 Å². The molecule has 0 saturated carbocycles. The van der Waals surface area contributed by atoms with Crippen LogP contribution in [-0.2, 0) is 0 Å². The van der Waals surface area contributed by atoms with Crippen molar-refractivity contribution in [3.05, 3.63) is 255 Å². The van der Waals surface area contributed by atoms with Gasteiger partial charge < -0.3 is 14.2 Å². The molecule has 0 bridgehead atoms. The molecule has 0 atom stereocenters. The number of hydrogen-bond donors (Lipinski definition) is 0. The minimum Gasteiger partial charge on any atom is -0.416 e. The maximum Gasteiger partial charge on any atom is 0.389 e. The normalized spacial score (nSPS) is 13.3. The highest BCUT2D eigenvalue weighted by atomic mass is 15.3. The lowest BCUT2D eigenvalue weighted by Gasteiger charge is -2.57. The SMILES string of the molecule is c1ccc(N2B(c3cc4ccccc4c4ccccc34)N(c3ccccc3)B(c3cc4ccccc4c4ccccc34)N(c3ccccc3)B2c2cc3ccccc3c3ccccc23)cc1. The molecule has 0 amide bonds. The fraction of sp³-hybridized carbons (Fsp3) is 0. The Morgan fingerprint density at radius 2 is 0.409 bits per heavy atom. The molecule has 0 aromatic heterocycles. The van der Waals surface area contributed by atoms with E-state index in [-0.39, 0.29) is 20.9 Å². The third kappa shape index (κ3) is 6.09. The van der Waals surface area contributed by atoms with Gasteiger partial charge in [-0.1, -0.05) is 218 Å². The molecule has 1 fully saturated rings. The molecule has 306 valence electrons. The van der Waals surface area contributed by atoms with E-state index in [1.165, 1.54) is 81.0 Å². The summed E-state index contributed by atoms with van der Waals surface area (Å²) in [6, 6.07) is 94.8. The molecule has 0 N–H and O–H groups in total. The quantitative estimate of drug-likeness (QED) is 0.122. The molecule has 0 radical (unpaired) electrons. The zero-order chi connectivity index (χ0) is 43.6. The highest BCUT2D eigenvalue weighted by Gasteiger charge is 2.57. The second-order valence-electron chi connectivity index (χ2n) is 17.5. The van der Waals surface area contributed by atoms with E-state index in [1.54, 1.807) is 0 Å². The largest absolute Gasteiger partial charge is 0.416 e. The number of benzene rings is 12. The third-order valence-corrected chi connectivity index (χ3v) is 14.0. The Kier molecular flexibility index (Phi) is 9.16. The van der Waals surface area contributed by atoms with E-state index < -0.39 is 0 Å². The molecule has 1 aliphatic rings. The zero-order valence-electron chi connectivity index (χ0n) is 36.3. The topological polar surface area (TPSA) is 9.72 Å². The average molecular weight is 837 g/mol. The molecule has 12 aromatic rings. The first-order chi connectivity index (χ1) is 32.8. The van der Waals surface area contributed by atoms with Gasteiger partial charge in [-0.05, 0) is 117 Å². The smallest absolute Gasteiger partial charge is 0.389 e.